The molecular weight excluding hydrogens is 517 g/mol. The first-order valence-electron chi connectivity index (χ1n) is 10.3. The maximum Gasteiger partial charge on any atom is 0.416 e. The molecule has 3 aromatic carbocycles. The van der Waals surface area contributed by atoms with E-state index in [1.165, 1.54) is 49.6 Å². The van der Waals surface area contributed by atoms with E-state index in [0.29, 0.717) is 5.75 Å². The number of nitro groups is 1. The number of sulfonamides is 1. The minimum atomic E-state index is -4.59. The standard InChI is InChI=1S/C23H17F3N4O6S/c1-36-15-5-7-16(8-6-15)37(34,35)29-22(31)19-12-17-18(9-10-20(30(32)33)21(17)28-19)27-14-4-2-3-13(11-14)23(24,25)26/h2-12,27-28H,1H3,(H,29,31). The van der Waals surface area contributed by atoms with Crippen molar-refractivity contribution in [2.24, 2.45) is 0 Å². The van der Waals surface area contributed by atoms with Gasteiger partial charge < -0.3 is 15.0 Å². The predicted octanol–water partition coefficient (Wildman–Crippen LogP) is 4.97. The Kier molecular flexibility index (Phi) is 6.52. The van der Waals surface area contributed by atoms with E-state index in [2.05, 4.69) is 10.3 Å². The van der Waals surface area contributed by atoms with E-state index in [1.54, 1.807) is 0 Å². The molecule has 192 valence electrons. The van der Waals surface area contributed by atoms with E-state index in [0.717, 1.165) is 24.3 Å². The Hall–Kier alpha value is -4.59. The zero-order chi connectivity index (χ0) is 27.0. The number of halogens is 3. The molecule has 0 fully saturated rings. The summed E-state index contributed by atoms with van der Waals surface area (Å²) in [6.45, 7) is 0. The third-order valence-electron chi connectivity index (χ3n) is 5.28. The molecular formula is C23H17F3N4O6S. The first kappa shape index (κ1) is 25.5. The highest BCUT2D eigenvalue weighted by Gasteiger charge is 2.30. The largest absolute Gasteiger partial charge is 0.497 e. The van der Waals surface area contributed by atoms with Crippen LogP contribution in [-0.2, 0) is 16.2 Å². The molecule has 3 N–H and O–H groups in total. The molecule has 10 nitrogen and oxygen atoms in total. The SMILES string of the molecule is COc1ccc(S(=O)(=O)NC(=O)c2cc3c(Nc4cccc(C(F)(F)F)c4)ccc([N+](=O)[O-])c3[nH]2)cc1. The lowest BCUT2D eigenvalue weighted by molar-refractivity contribution is -0.383. The predicted molar refractivity (Wildman–Crippen MR) is 127 cm³/mol. The van der Waals surface area contributed by atoms with E-state index in [1.807, 2.05) is 4.72 Å². The average molecular weight is 534 g/mol. The second-order valence-electron chi connectivity index (χ2n) is 7.67. The van der Waals surface area contributed by atoms with Crippen LogP contribution < -0.4 is 14.8 Å². The van der Waals surface area contributed by atoms with Gasteiger partial charge in [0.15, 0.2) is 0 Å². The van der Waals surface area contributed by atoms with Crippen molar-refractivity contribution in [3.05, 3.63) is 88.1 Å². The Morgan fingerprint density at radius 2 is 1.76 bits per heavy atom. The van der Waals surface area contributed by atoms with Crippen molar-refractivity contribution >= 4 is 43.9 Å². The molecule has 0 aliphatic heterocycles. The number of nitro benzene ring substituents is 1. The Morgan fingerprint density at radius 3 is 2.38 bits per heavy atom. The van der Waals surface area contributed by atoms with Crippen molar-refractivity contribution in [1.29, 1.82) is 0 Å². The highest BCUT2D eigenvalue weighted by Crippen LogP contribution is 2.35. The molecule has 0 atom stereocenters. The van der Waals surface area contributed by atoms with Gasteiger partial charge in [-0.25, -0.2) is 13.1 Å². The smallest absolute Gasteiger partial charge is 0.416 e. The molecule has 0 aliphatic carbocycles. The zero-order valence-electron chi connectivity index (χ0n) is 18.8. The minimum absolute atomic E-state index is 0.0410. The summed E-state index contributed by atoms with van der Waals surface area (Å²) in [6, 6.07) is 13.1. The van der Waals surface area contributed by atoms with Gasteiger partial charge in [0, 0.05) is 22.8 Å². The van der Waals surface area contributed by atoms with Gasteiger partial charge in [0.25, 0.3) is 21.6 Å². The van der Waals surface area contributed by atoms with Gasteiger partial charge in [-0.05, 0) is 54.6 Å². The van der Waals surface area contributed by atoms with Gasteiger partial charge in [-0.2, -0.15) is 13.2 Å². The number of hydrogen-bond acceptors (Lipinski definition) is 7. The number of alkyl halides is 3. The molecule has 0 saturated heterocycles. The zero-order valence-corrected chi connectivity index (χ0v) is 19.6. The number of H-pyrrole nitrogens is 1. The average Bonchev–Trinajstić information content (AvgIpc) is 3.30. The summed E-state index contributed by atoms with van der Waals surface area (Å²) in [7, 11) is -2.91. The number of aromatic nitrogens is 1. The summed E-state index contributed by atoms with van der Waals surface area (Å²) in [4.78, 5) is 25.9. The molecule has 1 heterocycles. The number of nitrogens with zero attached hydrogens (tertiary/aromatic N) is 1. The van der Waals surface area contributed by atoms with E-state index in [-0.39, 0.29) is 32.9 Å². The van der Waals surface area contributed by atoms with E-state index in [9.17, 15) is 36.5 Å². The number of non-ortho nitro benzene ring substituents is 1. The van der Waals surface area contributed by atoms with Crippen LogP contribution in [0.15, 0.2) is 71.6 Å². The van der Waals surface area contributed by atoms with E-state index >= 15 is 0 Å². The number of amides is 1. The van der Waals surface area contributed by atoms with Crippen LogP contribution in [0.4, 0.5) is 30.2 Å². The molecule has 1 aromatic heterocycles. The molecule has 14 heteroatoms. The lowest BCUT2D eigenvalue weighted by atomic mass is 10.1. The van der Waals surface area contributed by atoms with Gasteiger partial charge in [-0.3, -0.25) is 14.9 Å². The van der Waals surface area contributed by atoms with Crippen LogP contribution in [0.1, 0.15) is 16.1 Å². The van der Waals surface area contributed by atoms with Crippen LogP contribution in [0.3, 0.4) is 0 Å². The molecule has 0 spiro atoms. The summed E-state index contributed by atoms with van der Waals surface area (Å²) in [5, 5.41) is 14.4. The van der Waals surface area contributed by atoms with Gasteiger partial charge in [0.1, 0.15) is 17.0 Å². The summed E-state index contributed by atoms with van der Waals surface area (Å²) >= 11 is 0. The lowest BCUT2D eigenvalue weighted by Gasteiger charge is -2.11. The number of anilines is 2. The molecule has 0 bridgehead atoms. The van der Waals surface area contributed by atoms with Crippen molar-refractivity contribution in [1.82, 2.24) is 9.71 Å². The highest BCUT2D eigenvalue weighted by atomic mass is 32.2. The molecule has 4 rings (SSSR count). The number of hydrogen-bond donors (Lipinski definition) is 3. The molecule has 4 aromatic rings. The van der Waals surface area contributed by atoms with Crippen LogP contribution in [0.25, 0.3) is 10.9 Å². The monoisotopic (exact) mass is 534 g/mol. The van der Waals surface area contributed by atoms with Crippen molar-refractivity contribution in [3.63, 3.8) is 0 Å². The second-order valence-corrected chi connectivity index (χ2v) is 9.36. The third-order valence-corrected chi connectivity index (χ3v) is 6.63. The number of benzene rings is 3. The number of aromatic amines is 1. The fourth-order valence-corrected chi connectivity index (χ4v) is 4.47. The summed E-state index contributed by atoms with van der Waals surface area (Å²) in [5.41, 5.74) is -1.61. The molecule has 0 aliphatic rings. The van der Waals surface area contributed by atoms with Gasteiger partial charge in [0.05, 0.1) is 22.5 Å². The summed E-state index contributed by atoms with van der Waals surface area (Å²) in [6.07, 6.45) is -4.59. The topological polar surface area (TPSA) is 143 Å². The number of fused-ring (bicyclic) bond motifs is 1. The minimum Gasteiger partial charge on any atom is -0.497 e. The Morgan fingerprint density at radius 1 is 1.05 bits per heavy atom. The number of carbonyl (C=O) groups is 1. The van der Waals surface area contributed by atoms with Crippen molar-refractivity contribution in [2.45, 2.75) is 11.1 Å². The quantitative estimate of drug-likeness (QED) is 0.224. The van der Waals surface area contributed by atoms with Crippen LogP contribution >= 0.6 is 0 Å². The highest BCUT2D eigenvalue weighted by molar-refractivity contribution is 7.90. The fraction of sp³-hybridized carbons (Fsp3) is 0.0870. The normalized spacial score (nSPS) is 11.8. The van der Waals surface area contributed by atoms with Crippen LogP contribution in [0.2, 0.25) is 0 Å². The molecule has 0 saturated carbocycles. The van der Waals surface area contributed by atoms with Gasteiger partial charge >= 0.3 is 6.18 Å². The van der Waals surface area contributed by atoms with Gasteiger partial charge in [0.2, 0.25) is 0 Å². The van der Waals surface area contributed by atoms with Gasteiger partial charge in [-0.15, -0.1) is 0 Å². The number of carbonyl (C=O) groups excluding carboxylic acids is 1. The van der Waals surface area contributed by atoms with E-state index in [4.69, 9.17) is 4.74 Å². The Balaban J connectivity index is 1.70. The Labute approximate surface area is 207 Å². The number of rotatable bonds is 7. The summed E-state index contributed by atoms with van der Waals surface area (Å²) in [5.74, 6) is -0.708. The third kappa shape index (κ3) is 5.33. The first-order valence-corrected chi connectivity index (χ1v) is 11.8. The molecule has 0 unspecified atom stereocenters. The van der Waals surface area contributed by atoms with Crippen LogP contribution in [0, 0.1) is 10.1 Å². The second kappa shape index (κ2) is 9.46. The Bertz CT molecular complexity index is 1620. The number of nitrogens with one attached hydrogen (secondary N) is 3. The maximum atomic E-state index is 13.1. The van der Waals surface area contributed by atoms with Crippen molar-refractivity contribution < 1.29 is 36.0 Å². The van der Waals surface area contributed by atoms with Crippen LogP contribution in [-0.4, -0.2) is 31.3 Å². The van der Waals surface area contributed by atoms with E-state index < -0.39 is 38.3 Å². The maximum absolute atomic E-state index is 13.1. The van der Waals surface area contributed by atoms with Crippen molar-refractivity contribution in [3.8, 4) is 5.75 Å². The lowest BCUT2D eigenvalue weighted by Crippen LogP contribution is -2.30. The fourth-order valence-electron chi connectivity index (χ4n) is 3.51. The van der Waals surface area contributed by atoms with Crippen molar-refractivity contribution in [2.75, 3.05) is 12.4 Å². The molecule has 37 heavy (non-hydrogen) atoms. The number of ether oxygens (including phenoxy) is 1. The first-order chi connectivity index (χ1) is 17.4. The van der Waals surface area contributed by atoms with Crippen LogP contribution in [0.5, 0.6) is 5.75 Å². The molecule has 0 radical (unpaired) electrons. The molecule has 1 amide bonds. The number of methoxy groups -OCH3 is 1. The summed E-state index contributed by atoms with van der Waals surface area (Å²) < 4.78 is 71.3. The van der Waals surface area contributed by atoms with Gasteiger partial charge in [-0.1, -0.05) is 6.07 Å².